The van der Waals surface area contributed by atoms with E-state index in [0.717, 1.165) is 40.8 Å². The third-order valence-corrected chi connectivity index (χ3v) is 5.31. The molecule has 6 nitrogen and oxygen atoms in total. The lowest BCUT2D eigenvalue weighted by atomic mass is 10.2. The molecule has 7 heteroatoms. The topological polar surface area (TPSA) is 79.3 Å². The Morgan fingerprint density at radius 2 is 2.26 bits per heavy atom. The predicted molar refractivity (Wildman–Crippen MR) is 91.0 cm³/mol. The summed E-state index contributed by atoms with van der Waals surface area (Å²) < 4.78 is 0. The van der Waals surface area contributed by atoms with Gasteiger partial charge in [-0.1, -0.05) is 6.92 Å². The van der Waals surface area contributed by atoms with E-state index < -0.39 is 0 Å². The highest BCUT2D eigenvalue weighted by molar-refractivity contribution is 7.18. The Balaban J connectivity index is 1.74. The van der Waals surface area contributed by atoms with Crippen molar-refractivity contribution >= 4 is 27.5 Å². The molecule has 0 spiro atoms. The Kier molecular flexibility index (Phi) is 4.77. The number of carbonyl (C=O) groups excluding carboxylic acids is 1. The highest BCUT2D eigenvalue weighted by Crippen LogP contribution is 2.34. The van der Waals surface area contributed by atoms with Crippen molar-refractivity contribution in [1.82, 2.24) is 15.3 Å². The zero-order chi connectivity index (χ0) is 16.4. The van der Waals surface area contributed by atoms with Crippen molar-refractivity contribution in [3.05, 3.63) is 26.6 Å². The van der Waals surface area contributed by atoms with E-state index in [1.807, 2.05) is 14.0 Å². The highest BCUT2D eigenvalue weighted by atomic mass is 32.1. The molecule has 1 aliphatic rings. The smallest absolute Gasteiger partial charge is 0.275 e. The maximum Gasteiger partial charge on any atom is 0.275 e. The zero-order valence-electron chi connectivity index (χ0n) is 13.6. The van der Waals surface area contributed by atoms with Gasteiger partial charge in [0, 0.05) is 11.4 Å². The van der Waals surface area contributed by atoms with Crippen LogP contribution in [0.15, 0.2) is 4.79 Å². The van der Waals surface area contributed by atoms with Gasteiger partial charge in [0.05, 0.1) is 12.4 Å². The number of nitrogens with zero attached hydrogens (tertiary/aromatic N) is 1. The number of thiophene rings is 1. The lowest BCUT2D eigenvalue weighted by Crippen LogP contribution is -3.09. The molecule has 1 atom stereocenters. The van der Waals surface area contributed by atoms with E-state index in [1.165, 1.54) is 10.4 Å². The molecule has 2 aromatic heterocycles. The Bertz CT molecular complexity index is 780. The summed E-state index contributed by atoms with van der Waals surface area (Å²) in [6.45, 7) is 3.64. The first-order valence-electron chi connectivity index (χ1n) is 8.20. The Labute approximate surface area is 138 Å². The van der Waals surface area contributed by atoms with E-state index >= 15 is 0 Å². The zero-order valence-corrected chi connectivity index (χ0v) is 14.4. The number of likely N-dealkylation sites (N-methyl/N-ethyl adjacent to an activating group) is 1. The first kappa shape index (κ1) is 16.1. The second kappa shape index (κ2) is 6.80. The van der Waals surface area contributed by atoms with Crippen LogP contribution < -0.4 is 15.8 Å². The van der Waals surface area contributed by atoms with E-state index in [1.54, 1.807) is 11.3 Å². The number of nitrogens with one attached hydrogen (secondary N) is 3. The number of hydrogen-bond acceptors (Lipinski definition) is 4. The van der Waals surface area contributed by atoms with Gasteiger partial charge in [-0.15, -0.1) is 11.3 Å². The molecule has 0 aliphatic heterocycles. The Morgan fingerprint density at radius 3 is 3.04 bits per heavy atom. The lowest BCUT2D eigenvalue weighted by molar-refractivity contribution is -0.886. The average molecular weight is 335 g/mol. The first-order chi connectivity index (χ1) is 11.1. The summed E-state index contributed by atoms with van der Waals surface area (Å²) in [5, 5.41) is 3.65. The largest absolute Gasteiger partial charge is 0.351 e. The molecule has 2 heterocycles. The molecule has 0 radical (unpaired) electrons. The minimum Gasteiger partial charge on any atom is -0.351 e. The Morgan fingerprint density at radius 1 is 1.43 bits per heavy atom. The quantitative estimate of drug-likeness (QED) is 0.696. The van der Waals surface area contributed by atoms with Crippen LogP contribution in [-0.2, 0) is 24.2 Å². The number of quaternary nitrogens is 1. The van der Waals surface area contributed by atoms with Crippen LogP contribution in [0.5, 0.6) is 0 Å². The van der Waals surface area contributed by atoms with E-state index in [0.29, 0.717) is 25.5 Å². The van der Waals surface area contributed by atoms with Crippen molar-refractivity contribution in [2.75, 3.05) is 20.1 Å². The first-order valence-corrected chi connectivity index (χ1v) is 9.01. The molecular formula is C16H23N4O2S+. The van der Waals surface area contributed by atoms with Crippen molar-refractivity contribution in [2.45, 2.75) is 39.2 Å². The number of aromatic amines is 1. The van der Waals surface area contributed by atoms with Gasteiger partial charge in [0.1, 0.15) is 11.4 Å². The highest BCUT2D eigenvalue weighted by Gasteiger charge is 2.21. The summed E-state index contributed by atoms with van der Waals surface area (Å²) >= 11 is 1.65. The van der Waals surface area contributed by atoms with Crippen molar-refractivity contribution in [2.24, 2.45) is 0 Å². The van der Waals surface area contributed by atoms with Crippen LogP contribution in [0.4, 0.5) is 0 Å². The van der Waals surface area contributed by atoms with Gasteiger partial charge in [-0.3, -0.25) is 9.59 Å². The fraction of sp³-hybridized carbons (Fsp3) is 0.562. The predicted octanol–water partition coefficient (Wildman–Crippen LogP) is 0.0142. The van der Waals surface area contributed by atoms with Crippen molar-refractivity contribution in [3.63, 3.8) is 0 Å². The number of carbonyl (C=O) groups is 1. The summed E-state index contributed by atoms with van der Waals surface area (Å²) in [6.07, 6.45) is 4.12. The van der Waals surface area contributed by atoms with Gasteiger partial charge in [0.15, 0.2) is 12.4 Å². The monoisotopic (exact) mass is 335 g/mol. The summed E-state index contributed by atoms with van der Waals surface area (Å²) in [7, 11) is 1.93. The molecule has 0 fully saturated rings. The molecule has 2 aromatic rings. The molecule has 1 aliphatic carbocycles. The van der Waals surface area contributed by atoms with Crippen molar-refractivity contribution in [3.8, 4) is 0 Å². The van der Waals surface area contributed by atoms with Crippen LogP contribution in [0.2, 0.25) is 0 Å². The number of rotatable bonds is 6. The summed E-state index contributed by atoms with van der Waals surface area (Å²) in [4.78, 5) is 34.8. The van der Waals surface area contributed by atoms with Gasteiger partial charge < -0.3 is 15.2 Å². The van der Waals surface area contributed by atoms with Gasteiger partial charge in [-0.2, -0.15) is 0 Å². The lowest BCUT2D eigenvalue weighted by Gasteiger charge is -2.13. The summed E-state index contributed by atoms with van der Waals surface area (Å²) in [6, 6.07) is 0. The number of amides is 1. The minimum absolute atomic E-state index is 0.0304. The number of H-pyrrole nitrogens is 1. The van der Waals surface area contributed by atoms with Crippen LogP contribution in [-0.4, -0.2) is 36.0 Å². The molecule has 1 amide bonds. The van der Waals surface area contributed by atoms with Crippen LogP contribution in [0, 0.1) is 0 Å². The van der Waals surface area contributed by atoms with Crippen LogP contribution in [0.1, 0.15) is 36.0 Å². The Hall–Kier alpha value is -1.73. The van der Waals surface area contributed by atoms with Crippen molar-refractivity contribution < 1.29 is 9.69 Å². The number of fused-ring (bicyclic) bond motifs is 3. The number of aryl methyl sites for hydroxylation is 2. The molecule has 1 unspecified atom stereocenters. The average Bonchev–Trinajstić information content (AvgIpc) is 3.04. The minimum atomic E-state index is -0.0346. The molecule has 124 valence electrons. The second-order valence-corrected chi connectivity index (χ2v) is 7.29. The van der Waals surface area contributed by atoms with Gasteiger partial charge >= 0.3 is 0 Å². The molecular weight excluding hydrogens is 312 g/mol. The normalized spacial score (nSPS) is 14.9. The molecule has 23 heavy (non-hydrogen) atoms. The van der Waals surface area contributed by atoms with E-state index in [-0.39, 0.29) is 11.5 Å². The maximum absolute atomic E-state index is 12.4. The molecule has 0 bridgehead atoms. The van der Waals surface area contributed by atoms with Gasteiger partial charge in [0.2, 0.25) is 0 Å². The van der Waals surface area contributed by atoms with E-state index in [4.69, 9.17) is 0 Å². The van der Waals surface area contributed by atoms with Crippen molar-refractivity contribution in [1.29, 1.82) is 0 Å². The third-order valence-electron chi connectivity index (χ3n) is 4.13. The van der Waals surface area contributed by atoms with Crippen LogP contribution >= 0.6 is 11.3 Å². The summed E-state index contributed by atoms with van der Waals surface area (Å²) in [5.41, 5.74) is 1.16. The number of hydrogen-bond donors (Lipinski definition) is 3. The van der Waals surface area contributed by atoms with Gasteiger partial charge in [0.25, 0.3) is 11.5 Å². The fourth-order valence-corrected chi connectivity index (χ4v) is 4.36. The van der Waals surface area contributed by atoms with E-state index in [2.05, 4.69) is 15.3 Å². The second-order valence-electron chi connectivity index (χ2n) is 6.21. The molecule has 0 saturated carbocycles. The molecule has 0 saturated heterocycles. The van der Waals surface area contributed by atoms with E-state index in [9.17, 15) is 9.59 Å². The SMILES string of the molecule is CCCNC(=O)C[NH+](C)Cc1nc2sc3c(c2c(=O)[nH]1)CCC3. The summed E-state index contributed by atoms with van der Waals surface area (Å²) in [5.74, 6) is 0.686. The van der Waals surface area contributed by atoms with Crippen LogP contribution in [0.25, 0.3) is 10.2 Å². The van der Waals surface area contributed by atoms with Crippen LogP contribution in [0.3, 0.4) is 0 Å². The molecule has 3 rings (SSSR count). The number of aromatic nitrogens is 2. The van der Waals surface area contributed by atoms with Gasteiger partial charge in [-0.25, -0.2) is 4.98 Å². The molecule has 0 aromatic carbocycles. The standard InChI is InChI=1S/C16H22N4O2S/c1-3-7-17-13(21)9-20(2)8-12-18-15(22)14-10-5-4-6-11(10)23-16(14)19-12/h3-9H2,1-2H3,(H,17,21)(H,18,19,22)/p+1. The van der Waals surface area contributed by atoms with Gasteiger partial charge in [-0.05, 0) is 31.2 Å². The fourth-order valence-electron chi connectivity index (χ4n) is 3.08. The third kappa shape index (κ3) is 3.45. The maximum atomic E-state index is 12.4. The molecule has 3 N–H and O–H groups in total.